The summed E-state index contributed by atoms with van der Waals surface area (Å²) in [4.78, 5) is 4.74. The highest BCUT2D eigenvalue weighted by Crippen LogP contribution is 2.17. The van der Waals surface area contributed by atoms with Crippen LogP contribution in [0.2, 0.25) is 0 Å². The molecular weight excluding hydrogens is 230 g/mol. The molecule has 1 aromatic heterocycles. The van der Waals surface area contributed by atoms with E-state index in [1.807, 2.05) is 24.3 Å². The fourth-order valence-electron chi connectivity index (χ4n) is 2.15. The lowest BCUT2D eigenvalue weighted by molar-refractivity contribution is 1.08. The summed E-state index contributed by atoms with van der Waals surface area (Å²) in [6.07, 6.45) is 0.877. The van der Waals surface area contributed by atoms with Crippen LogP contribution >= 0.6 is 0 Å². The Morgan fingerprint density at radius 1 is 0.632 bits per heavy atom. The Balaban J connectivity index is 1.89. The van der Waals surface area contributed by atoms with E-state index in [0.717, 1.165) is 23.4 Å². The van der Waals surface area contributed by atoms with Crippen LogP contribution in [0.4, 0.5) is 0 Å². The second-order valence-electron chi connectivity index (χ2n) is 4.54. The lowest BCUT2D eigenvalue weighted by atomic mass is 10.1. The van der Waals surface area contributed by atoms with E-state index in [0.29, 0.717) is 0 Å². The van der Waals surface area contributed by atoms with E-state index >= 15 is 0 Å². The van der Waals surface area contributed by atoms with E-state index in [9.17, 15) is 0 Å². The monoisotopic (exact) mass is 245 g/mol. The molecule has 0 aliphatic heterocycles. The molecule has 1 heteroatoms. The second-order valence-corrected chi connectivity index (χ2v) is 4.54. The van der Waals surface area contributed by atoms with Crippen LogP contribution in [0.1, 0.15) is 11.3 Å². The predicted octanol–water partition coefficient (Wildman–Crippen LogP) is 4.34. The largest absolute Gasteiger partial charge is 0.252 e. The number of aromatic nitrogens is 1. The lowest BCUT2D eigenvalue weighted by Crippen LogP contribution is -1.93. The molecule has 1 heterocycles. The standard InChI is InChI=1S/C18H15N/c1-3-8-15(9-4-1)14-17-12-7-13-18(19-17)16-10-5-2-6-11-16/h1-13H,14H2. The fourth-order valence-corrected chi connectivity index (χ4v) is 2.15. The average Bonchev–Trinajstić information content (AvgIpc) is 2.49. The van der Waals surface area contributed by atoms with Gasteiger partial charge in [0.2, 0.25) is 0 Å². The molecule has 3 rings (SSSR count). The van der Waals surface area contributed by atoms with Crippen molar-refractivity contribution in [3.8, 4) is 11.3 Å². The van der Waals surface area contributed by atoms with Crippen LogP contribution in [0.5, 0.6) is 0 Å². The van der Waals surface area contributed by atoms with Gasteiger partial charge < -0.3 is 0 Å². The third-order valence-corrected chi connectivity index (χ3v) is 3.10. The van der Waals surface area contributed by atoms with Crippen LogP contribution < -0.4 is 0 Å². The van der Waals surface area contributed by atoms with Gasteiger partial charge in [-0.1, -0.05) is 66.7 Å². The molecule has 2 aromatic carbocycles. The first kappa shape index (κ1) is 11.7. The maximum absolute atomic E-state index is 4.74. The molecule has 0 amide bonds. The highest BCUT2D eigenvalue weighted by molar-refractivity contribution is 5.58. The minimum absolute atomic E-state index is 0.877. The van der Waals surface area contributed by atoms with E-state index in [1.165, 1.54) is 5.56 Å². The molecule has 0 saturated heterocycles. The molecule has 0 N–H and O–H groups in total. The lowest BCUT2D eigenvalue weighted by Gasteiger charge is -2.05. The highest BCUT2D eigenvalue weighted by Gasteiger charge is 2.01. The minimum atomic E-state index is 0.877. The number of pyridine rings is 1. The van der Waals surface area contributed by atoms with Crippen molar-refractivity contribution in [1.82, 2.24) is 4.98 Å². The Labute approximate surface area is 113 Å². The SMILES string of the molecule is c1ccc(Cc2cccc(-c3ccccc3)n2)cc1. The van der Waals surface area contributed by atoms with Gasteiger partial charge in [-0.3, -0.25) is 4.98 Å². The van der Waals surface area contributed by atoms with Crippen LogP contribution in [0.3, 0.4) is 0 Å². The molecule has 0 unspecified atom stereocenters. The summed E-state index contributed by atoms with van der Waals surface area (Å²) in [5, 5.41) is 0. The van der Waals surface area contributed by atoms with Crippen molar-refractivity contribution in [3.05, 3.63) is 90.1 Å². The number of hydrogen-bond donors (Lipinski definition) is 0. The molecule has 0 aliphatic rings. The summed E-state index contributed by atoms with van der Waals surface area (Å²) in [5.74, 6) is 0. The molecule has 1 nitrogen and oxygen atoms in total. The molecule has 19 heavy (non-hydrogen) atoms. The Hall–Kier alpha value is -2.41. The fraction of sp³-hybridized carbons (Fsp3) is 0.0556. The molecule has 0 saturated carbocycles. The maximum Gasteiger partial charge on any atom is 0.0705 e. The van der Waals surface area contributed by atoms with Gasteiger partial charge >= 0.3 is 0 Å². The molecule has 0 aliphatic carbocycles. The molecule has 3 aromatic rings. The summed E-state index contributed by atoms with van der Waals surface area (Å²) >= 11 is 0. The van der Waals surface area contributed by atoms with Gasteiger partial charge in [0.1, 0.15) is 0 Å². The molecule has 92 valence electrons. The smallest absolute Gasteiger partial charge is 0.0705 e. The average molecular weight is 245 g/mol. The third kappa shape index (κ3) is 2.89. The van der Waals surface area contributed by atoms with Gasteiger partial charge in [0.25, 0.3) is 0 Å². The summed E-state index contributed by atoms with van der Waals surface area (Å²) in [7, 11) is 0. The third-order valence-electron chi connectivity index (χ3n) is 3.10. The Kier molecular flexibility index (Phi) is 3.37. The van der Waals surface area contributed by atoms with Gasteiger partial charge in [0.05, 0.1) is 5.69 Å². The van der Waals surface area contributed by atoms with Crippen LogP contribution in [-0.4, -0.2) is 4.98 Å². The molecule has 0 fully saturated rings. The van der Waals surface area contributed by atoms with Gasteiger partial charge in [-0.15, -0.1) is 0 Å². The van der Waals surface area contributed by atoms with E-state index < -0.39 is 0 Å². The maximum atomic E-state index is 4.74. The van der Waals surface area contributed by atoms with Crippen molar-refractivity contribution >= 4 is 0 Å². The van der Waals surface area contributed by atoms with Gasteiger partial charge in [-0.2, -0.15) is 0 Å². The molecule has 0 spiro atoms. The zero-order valence-corrected chi connectivity index (χ0v) is 10.7. The van der Waals surface area contributed by atoms with Crippen LogP contribution in [0.25, 0.3) is 11.3 Å². The number of rotatable bonds is 3. The first-order chi connectivity index (χ1) is 9.42. The Morgan fingerprint density at radius 3 is 2.05 bits per heavy atom. The topological polar surface area (TPSA) is 12.9 Å². The highest BCUT2D eigenvalue weighted by atomic mass is 14.7. The van der Waals surface area contributed by atoms with E-state index in [2.05, 4.69) is 54.6 Å². The van der Waals surface area contributed by atoms with Crippen molar-refractivity contribution in [2.75, 3.05) is 0 Å². The van der Waals surface area contributed by atoms with Crippen molar-refractivity contribution in [2.24, 2.45) is 0 Å². The number of hydrogen-bond acceptors (Lipinski definition) is 1. The van der Waals surface area contributed by atoms with Crippen molar-refractivity contribution in [3.63, 3.8) is 0 Å². The Morgan fingerprint density at radius 2 is 1.32 bits per heavy atom. The van der Waals surface area contributed by atoms with E-state index in [-0.39, 0.29) is 0 Å². The number of nitrogens with zero attached hydrogens (tertiary/aromatic N) is 1. The molecule has 0 atom stereocenters. The van der Waals surface area contributed by atoms with Gasteiger partial charge in [-0.05, 0) is 17.7 Å². The first-order valence-electron chi connectivity index (χ1n) is 6.47. The van der Waals surface area contributed by atoms with Gasteiger partial charge in [0, 0.05) is 17.7 Å². The Bertz CT molecular complexity index is 645. The van der Waals surface area contributed by atoms with Crippen LogP contribution in [0.15, 0.2) is 78.9 Å². The summed E-state index contributed by atoms with van der Waals surface area (Å²) < 4.78 is 0. The summed E-state index contributed by atoms with van der Waals surface area (Å²) in [6, 6.07) is 27.0. The van der Waals surface area contributed by atoms with E-state index in [1.54, 1.807) is 0 Å². The van der Waals surface area contributed by atoms with Gasteiger partial charge in [0.15, 0.2) is 0 Å². The normalized spacial score (nSPS) is 10.3. The molecule has 0 bridgehead atoms. The summed E-state index contributed by atoms with van der Waals surface area (Å²) in [6.45, 7) is 0. The first-order valence-corrected chi connectivity index (χ1v) is 6.47. The zero-order chi connectivity index (χ0) is 12.9. The second kappa shape index (κ2) is 5.49. The minimum Gasteiger partial charge on any atom is -0.252 e. The van der Waals surface area contributed by atoms with Crippen LogP contribution in [-0.2, 0) is 6.42 Å². The predicted molar refractivity (Wildman–Crippen MR) is 78.9 cm³/mol. The van der Waals surface area contributed by atoms with Gasteiger partial charge in [-0.25, -0.2) is 0 Å². The van der Waals surface area contributed by atoms with Crippen molar-refractivity contribution < 1.29 is 0 Å². The van der Waals surface area contributed by atoms with Crippen molar-refractivity contribution in [2.45, 2.75) is 6.42 Å². The van der Waals surface area contributed by atoms with E-state index in [4.69, 9.17) is 4.98 Å². The zero-order valence-electron chi connectivity index (χ0n) is 10.7. The van der Waals surface area contributed by atoms with Crippen molar-refractivity contribution in [1.29, 1.82) is 0 Å². The molecule has 0 radical (unpaired) electrons. The number of benzene rings is 2. The quantitative estimate of drug-likeness (QED) is 0.669. The van der Waals surface area contributed by atoms with Crippen LogP contribution in [0, 0.1) is 0 Å². The molecular formula is C18H15N. The summed E-state index contributed by atoms with van der Waals surface area (Å²) in [5.41, 5.74) is 4.60.